The fourth-order valence-corrected chi connectivity index (χ4v) is 0.902. The maximum absolute atomic E-state index is 9.03. The maximum Gasteiger partial charge on any atom is 0.103 e. The van der Waals surface area contributed by atoms with Crippen molar-refractivity contribution in [3.63, 3.8) is 0 Å². The highest BCUT2D eigenvalue weighted by Crippen LogP contribution is 2.07. The van der Waals surface area contributed by atoms with Crippen molar-refractivity contribution in [1.29, 1.82) is 0 Å². The molecule has 1 fully saturated rings. The summed E-state index contributed by atoms with van der Waals surface area (Å²) in [7, 11) is 0. The second kappa shape index (κ2) is 3.15. The van der Waals surface area contributed by atoms with Crippen molar-refractivity contribution in [1.82, 2.24) is 0 Å². The maximum atomic E-state index is 9.03. The van der Waals surface area contributed by atoms with Crippen LogP contribution in [0.5, 0.6) is 0 Å². The van der Waals surface area contributed by atoms with Gasteiger partial charge in [-0.25, -0.2) is 0 Å². The van der Waals surface area contributed by atoms with E-state index in [1.165, 1.54) is 0 Å². The SMILES string of the molecule is O[C@@H]1CCCOC[C@@H]1O. The molecule has 54 valence electrons. The van der Waals surface area contributed by atoms with Gasteiger partial charge in [0.1, 0.15) is 6.10 Å². The molecule has 0 amide bonds. The van der Waals surface area contributed by atoms with Crippen LogP contribution in [0, 0.1) is 0 Å². The lowest BCUT2D eigenvalue weighted by Gasteiger charge is -2.11. The van der Waals surface area contributed by atoms with Crippen molar-refractivity contribution in [2.24, 2.45) is 0 Å². The number of hydrogen-bond donors (Lipinski definition) is 2. The molecule has 0 aromatic rings. The minimum atomic E-state index is -0.674. The van der Waals surface area contributed by atoms with E-state index in [2.05, 4.69) is 0 Å². The first-order valence-electron chi connectivity index (χ1n) is 3.24. The lowest BCUT2D eigenvalue weighted by atomic mass is 10.1. The molecule has 0 bridgehead atoms. The van der Waals surface area contributed by atoms with Gasteiger partial charge in [0.15, 0.2) is 0 Å². The standard InChI is InChI=1S/C6H12O3/c7-5-2-1-3-9-4-6(5)8/h5-8H,1-4H2/t5-,6+/m1/s1. The summed E-state index contributed by atoms with van der Waals surface area (Å²) < 4.78 is 4.97. The molecular formula is C6H12O3. The van der Waals surface area contributed by atoms with Crippen LogP contribution in [0.1, 0.15) is 12.8 Å². The molecule has 9 heavy (non-hydrogen) atoms. The van der Waals surface area contributed by atoms with Crippen molar-refractivity contribution in [2.45, 2.75) is 25.0 Å². The summed E-state index contributed by atoms with van der Waals surface area (Å²) in [5.41, 5.74) is 0. The van der Waals surface area contributed by atoms with E-state index in [1.54, 1.807) is 0 Å². The predicted octanol–water partition coefficient (Wildman–Crippen LogP) is -0.481. The molecule has 0 aromatic heterocycles. The average molecular weight is 132 g/mol. The topological polar surface area (TPSA) is 49.7 Å². The number of aliphatic hydroxyl groups is 2. The summed E-state index contributed by atoms with van der Waals surface area (Å²) in [5, 5.41) is 18.0. The zero-order valence-electron chi connectivity index (χ0n) is 5.29. The Hall–Kier alpha value is -0.120. The van der Waals surface area contributed by atoms with E-state index in [9.17, 15) is 0 Å². The van der Waals surface area contributed by atoms with Crippen LogP contribution < -0.4 is 0 Å². The van der Waals surface area contributed by atoms with Crippen LogP contribution in [-0.2, 0) is 4.74 Å². The Morgan fingerprint density at radius 2 is 2.00 bits per heavy atom. The highest BCUT2D eigenvalue weighted by molar-refractivity contribution is 4.68. The Balaban J connectivity index is 2.32. The molecule has 0 radical (unpaired) electrons. The average Bonchev–Trinajstić information content (AvgIpc) is 1.99. The van der Waals surface area contributed by atoms with Crippen molar-refractivity contribution < 1.29 is 14.9 Å². The van der Waals surface area contributed by atoms with Crippen molar-refractivity contribution in [3.05, 3.63) is 0 Å². The summed E-state index contributed by atoms with van der Waals surface area (Å²) >= 11 is 0. The fraction of sp³-hybridized carbons (Fsp3) is 1.00. The van der Waals surface area contributed by atoms with Gasteiger partial charge >= 0.3 is 0 Å². The van der Waals surface area contributed by atoms with Gasteiger partial charge in [0, 0.05) is 6.61 Å². The lowest BCUT2D eigenvalue weighted by Crippen LogP contribution is -2.27. The number of rotatable bonds is 0. The van der Waals surface area contributed by atoms with E-state index in [0.717, 1.165) is 6.42 Å². The van der Waals surface area contributed by atoms with Gasteiger partial charge in [0.2, 0.25) is 0 Å². The van der Waals surface area contributed by atoms with Gasteiger partial charge in [-0.05, 0) is 12.8 Å². The highest BCUT2D eigenvalue weighted by Gasteiger charge is 2.18. The van der Waals surface area contributed by atoms with Crippen molar-refractivity contribution >= 4 is 0 Å². The third kappa shape index (κ3) is 1.93. The second-order valence-corrected chi connectivity index (χ2v) is 2.35. The lowest BCUT2D eigenvalue weighted by molar-refractivity contribution is -0.0173. The third-order valence-electron chi connectivity index (χ3n) is 1.52. The molecule has 0 unspecified atom stereocenters. The Labute approximate surface area is 54.3 Å². The normalized spacial score (nSPS) is 38.0. The smallest absolute Gasteiger partial charge is 0.103 e. The summed E-state index contributed by atoms with van der Waals surface area (Å²) in [6, 6.07) is 0. The second-order valence-electron chi connectivity index (χ2n) is 2.35. The molecule has 0 aromatic carbocycles. The van der Waals surface area contributed by atoms with Gasteiger partial charge in [-0.3, -0.25) is 0 Å². The van der Waals surface area contributed by atoms with E-state index < -0.39 is 12.2 Å². The molecule has 0 spiro atoms. The molecule has 2 atom stereocenters. The highest BCUT2D eigenvalue weighted by atomic mass is 16.5. The summed E-state index contributed by atoms with van der Waals surface area (Å²) in [5.74, 6) is 0. The van der Waals surface area contributed by atoms with Crippen LogP contribution in [0.4, 0.5) is 0 Å². The quantitative estimate of drug-likeness (QED) is 0.468. The first kappa shape index (κ1) is 6.99. The van der Waals surface area contributed by atoms with Crippen LogP contribution in [-0.4, -0.2) is 35.6 Å². The molecule has 2 N–H and O–H groups in total. The molecule has 0 aliphatic carbocycles. The molecular weight excluding hydrogens is 120 g/mol. The molecule has 1 aliphatic heterocycles. The van der Waals surface area contributed by atoms with E-state index in [-0.39, 0.29) is 6.61 Å². The van der Waals surface area contributed by atoms with Gasteiger partial charge in [-0.1, -0.05) is 0 Å². The molecule has 1 heterocycles. The zero-order chi connectivity index (χ0) is 6.69. The van der Waals surface area contributed by atoms with Gasteiger partial charge in [-0.15, -0.1) is 0 Å². The Kier molecular flexibility index (Phi) is 2.45. The Morgan fingerprint density at radius 1 is 1.22 bits per heavy atom. The number of aliphatic hydroxyl groups excluding tert-OH is 2. The third-order valence-corrected chi connectivity index (χ3v) is 1.52. The van der Waals surface area contributed by atoms with Crippen LogP contribution in [0.25, 0.3) is 0 Å². The molecule has 1 saturated heterocycles. The van der Waals surface area contributed by atoms with Crippen molar-refractivity contribution in [2.75, 3.05) is 13.2 Å². The van der Waals surface area contributed by atoms with Crippen LogP contribution >= 0.6 is 0 Å². The zero-order valence-corrected chi connectivity index (χ0v) is 5.29. The van der Waals surface area contributed by atoms with Gasteiger partial charge in [-0.2, -0.15) is 0 Å². The first-order valence-corrected chi connectivity index (χ1v) is 3.24. The van der Waals surface area contributed by atoms with E-state index in [1.807, 2.05) is 0 Å². The van der Waals surface area contributed by atoms with E-state index in [0.29, 0.717) is 13.0 Å². The minimum absolute atomic E-state index is 0.279. The van der Waals surface area contributed by atoms with Crippen LogP contribution in [0.2, 0.25) is 0 Å². The van der Waals surface area contributed by atoms with Gasteiger partial charge in [0.25, 0.3) is 0 Å². The van der Waals surface area contributed by atoms with Gasteiger partial charge < -0.3 is 14.9 Å². The van der Waals surface area contributed by atoms with E-state index >= 15 is 0 Å². The fourth-order valence-electron chi connectivity index (χ4n) is 0.902. The minimum Gasteiger partial charge on any atom is -0.390 e. The molecule has 0 saturated carbocycles. The van der Waals surface area contributed by atoms with Crippen LogP contribution in [0.15, 0.2) is 0 Å². The van der Waals surface area contributed by atoms with Crippen molar-refractivity contribution in [3.8, 4) is 0 Å². The molecule has 1 rings (SSSR count). The predicted molar refractivity (Wildman–Crippen MR) is 32.1 cm³/mol. The molecule has 1 aliphatic rings. The molecule has 3 heteroatoms. The number of ether oxygens (including phenoxy) is 1. The van der Waals surface area contributed by atoms with Crippen LogP contribution in [0.3, 0.4) is 0 Å². The van der Waals surface area contributed by atoms with E-state index in [4.69, 9.17) is 14.9 Å². The largest absolute Gasteiger partial charge is 0.390 e. The monoisotopic (exact) mass is 132 g/mol. The first-order chi connectivity index (χ1) is 4.30. The summed E-state index contributed by atoms with van der Waals surface area (Å²) in [6.45, 7) is 0.940. The summed E-state index contributed by atoms with van der Waals surface area (Å²) in [6.07, 6.45) is 0.249. The summed E-state index contributed by atoms with van der Waals surface area (Å²) in [4.78, 5) is 0. The molecule has 3 nitrogen and oxygen atoms in total. The van der Waals surface area contributed by atoms with Gasteiger partial charge in [0.05, 0.1) is 12.7 Å². The number of hydrogen-bond acceptors (Lipinski definition) is 3. The Bertz CT molecular complexity index is 74.4. The Morgan fingerprint density at radius 3 is 2.78 bits per heavy atom.